The maximum Gasteiger partial charge on any atom is 0.0687 e. The van der Waals surface area contributed by atoms with Crippen molar-refractivity contribution >= 4 is 0 Å². The summed E-state index contributed by atoms with van der Waals surface area (Å²) in [5, 5.41) is 22.4. The van der Waals surface area contributed by atoms with Gasteiger partial charge in [-0.1, -0.05) is 6.42 Å². The van der Waals surface area contributed by atoms with E-state index in [0.29, 0.717) is 24.9 Å². The minimum atomic E-state index is -0.559. The number of aliphatic hydroxyl groups is 1. The molecule has 2 atom stereocenters. The van der Waals surface area contributed by atoms with Crippen molar-refractivity contribution in [2.24, 2.45) is 0 Å². The van der Waals surface area contributed by atoms with Crippen LogP contribution in [0.2, 0.25) is 0 Å². The molecule has 3 heteroatoms. The van der Waals surface area contributed by atoms with Crippen LogP contribution in [0, 0.1) is 11.3 Å². The van der Waals surface area contributed by atoms with Gasteiger partial charge in [0.15, 0.2) is 0 Å². The molecule has 0 amide bonds. The van der Waals surface area contributed by atoms with Crippen LogP contribution >= 0.6 is 0 Å². The normalized spacial score (nSPS) is 41.7. The molecule has 0 radical (unpaired) electrons. The van der Waals surface area contributed by atoms with Crippen molar-refractivity contribution in [3.63, 3.8) is 0 Å². The molecule has 0 aliphatic carbocycles. The molecule has 2 heterocycles. The van der Waals surface area contributed by atoms with Gasteiger partial charge < -0.3 is 10.4 Å². The van der Waals surface area contributed by atoms with E-state index in [1.807, 2.05) is 0 Å². The highest BCUT2D eigenvalue weighted by atomic mass is 16.3. The van der Waals surface area contributed by atoms with Crippen LogP contribution in [0.15, 0.2) is 0 Å². The number of hydrogen-bond donors (Lipinski definition) is 2. The van der Waals surface area contributed by atoms with Crippen LogP contribution in [0.3, 0.4) is 0 Å². The topological polar surface area (TPSA) is 56.0 Å². The first-order valence-corrected chi connectivity index (χ1v) is 5.57. The lowest BCUT2D eigenvalue weighted by Crippen LogP contribution is -2.55. The summed E-state index contributed by atoms with van der Waals surface area (Å²) in [6, 6.07) is 3.11. The lowest BCUT2D eigenvalue weighted by molar-refractivity contribution is -0.0360. The van der Waals surface area contributed by atoms with Crippen molar-refractivity contribution in [3.05, 3.63) is 0 Å². The Kier molecular flexibility index (Phi) is 2.76. The Bertz CT molecular complexity index is 234. The van der Waals surface area contributed by atoms with Crippen molar-refractivity contribution in [3.8, 4) is 6.07 Å². The quantitative estimate of drug-likeness (QED) is 0.697. The predicted octanol–water partition coefficient (Wildman–Crippen LogP) is 1.33. The highest BCUT2D eigenvalue weighted by Crippen LogP contribution is 2.35. The van der Waals surface area contributed by atoms with Gasteiger partial charge in [0.2, 0.25) is 0 Å². The Morgan fingerprint density at radius 3 is 2.57 bits per heavy atom. The van der Waals surface area contributed by atoms with Gasteiger partial charge in [-0.2, -0.15) is 5.26 Å². The molecule has 2 unspecified atom stereocenters. The number of nitrogens with one attached hydrogen (secondary N) is 1. The van der Waals surface area contributed by atoms with Gasteiger partial charge in [0.1, 0.15) is 0 Å². The number of rotatable bonds is 2. The summed E-state index contributed by atoms with van der Waals surface area (Å²) in [5.41, 5.74) is -0.559. The molecule has 2 aliphatic heterocycles. The van der Waals surface area contributed by atoms with Crippen LogP contribution in [0.25, 0.3) is 0 Å². The summed E-state index contributed by atoms with van der Waals surface area (Å²) < 4.78 is 0. The van der Waals surface area contributed by atoms with Gasteiger partial charge in [0, 0.05) is 18.5 Å². The SMILES string of the molecule is N#CCCC1(O)CC2CCCC(C1)N2. The lowest BCUT2D eigenvalue weighted by Gasteiger charge is -2.45. The minimum Gasteiger partial charge on any atom is -0.390 e. The number of fused-ring (bicyclic) bond motifs is 2. The average Bonchev–Trinajstić information content (AvgIpc) is 2.14. The second kappa shape index (κ2) is 3.88. The maximum absolute atomic E-state index is 10.3. The van der Waals surface area contributed by atoms with Gasteiger partial charge in [-0.05, 0) is 32.1 Å². The third-order valence-corrected chi connectivity index (χ3v) is 3.53. The zero-order valence-electron chi connectivity index (χ0n) is 8.50. The first kappa shape index (κ1) is 9.95. The summed E-state index contributed by atoms with van der Waals surface area (Å²) in [6.07, 6.45) is 6.47. The number of nitrogens with zero attached hydrogens (tertiary/aromatic N) is 1. The van der Waals surface area contributed by atoms with E-state index in [1.165, 1.54) is 19.3 Å². The number of piperidine rings is 2. The first-order valence-electron chi connectivity index (χ1n) is 5.57. The van der Waals surface area contributed by atoms with E-state index in [2.05, 4.69) is 11.4 Å². The number of hydrogen-bond acceptors (Lipinski definition) is 3. The van der Waals surface area contributed by atoms with Crippen LogP contribution in [0.5, 0.6) is 0 Å². The van der Waals surface area contributed by atoms with Crippen LogP contribution in [-0.2, 0) is 0 Å². The largest absolute Gasteiger partial charge is 0.390 e. The molecule has 0 aromatic carbocycles. The van der Waals surface area contributed by atoms with Crippen LogP contribution < -0.4 is 5.32 Å². The standard InChI is InChI=1S/C11H18N2O/c12-6-2-5-11(14)7-9-3-1-4-10(8-11)13-9/h9-10,13-14H,1-5,7-8H2. The van der Waals surface area contributed by atoms with E-state index in [4.69, 9.17) is 5.26 Å². The Balaban J connectivity index is 1.97. The van der Waals surface area contributed by atoms with Gasteiger partial charge in [0.05, 0.1) is 11.7 Å². The molecule has 0 aromatic heterocycles. The number of nitriles is 1. The molecule has 3 nitrogen and oxygen atoms in total. The highest BCUT2D eigenvalue weighted by molar-refractivity contribution is 4.98. The molecule has 78 valence electrons. The monoisotopic (exact) mass is 194 g/mol. The molecule has 2 saturated heterocycles. The van der Waals surface area contributed by atoms with Crippen molar-refractivity contribution in [1.82, 2.24) is 5.32 Å². The smallest absolute Gasteiger partial charge is 0.0687 e. The van der Waals surface area contributed by atoms with E-state index in [9.17, 15) is 5.11 Å². The highest BCUT2D eigenvalue weighted by Gasteiger charge is 2.39. The molecule has 2 aliphatic rings. The zero-order chi connectivity index (χ0) is 10.0. The Morgan fingerprint density at radius 2 is 2.00 bits per heavy atom. The molecule has 0 aromatic rings. The Morgan fingerprint density at radius 1 is 1.36 bits per heavy atom. The fourth-order valence-electron chi connectivity index (χ4n) is 2.93. The van der Waals surface area contributed by atoms with Gasteiger partial charge >= 0.3 is 0 Å². The fourth-order valence-corrected chi connectivity index (χ4v) is 2.93. The summed E-state index contributed by atoms with van der Waals surface area (Å²) >= 11 is 0. The first-order chi connectivity index (χ1) is 6.72. The van der Waals surface area contributed by atoms with Crippen molar-refractivity contribution in [2.75, 3.05) is 0 Å². The lowest BCUT2D eigenvalue weighted by atomic mass is 9.75. The molecule has 14 heavy (non-hydrogen) atoms. The van der Waals surface area contributed by atoms with Gasteiger partial charge in [-0.3, -0.25) is 0 Å². The molecule has 2 fully saturated rings. The third-order valence-electron chi connectivity index (χ3n) is 3.53. The summed E-state index contributed by atoms with van der Waals surface area (Å²) in [6.45, 7) is 0. The Hall–Kier alpha value is -0.590. The van der Waals surface area contributed by atoms with Crippen LogP contribution in [0.1, 0.15) is 44.9 Å². The molecular formula is C11H18N2O. The molecular weight excluding hydrogens is 176 g/mol. The molecule has 0 spiro atoms. The molecule has 2 bridgehead atoms. The zero-order valence-corrected chi connectivity index (χ0v) is 8.50. The van der Waals surface area contributed by atoms with Crippen LogP contribution in [0.4, 0.5) is 0 Å². The van der Waals surface area contributed by atoms with Crippen LogP contribution in [-0.4, -0.2) is 22.8 Å². The van der Waals surface area contributed by atoms with Gasteiger partial charge in [-0.25, -0.2) is 0 Å². The summed E-state index contributed by atoms with van der Waals surface area (Å²) in [4.78, 5) is 0. The van der Waals surface area contributed by atoms with Gasteiger partial charge in [0.25, 0.3) is 0 Å². The van der Waals surface area contributed by atoms with Crippen molar-refractivity contribution in [2.45, 2.75) is 62.6 Å². The third kappa shape index (κ3) is 2.08. The fraction of sp³-hybridized carbons (Fsp3) is 0.909. The minimum absolute atomic E-state index is 0.482. The van der Waals surface area contributed by atoms with E-state index in [-0.39, 0.29) is 0 Å². The van der Waals surface area contributed by atoms with Crippen molar-refractivity contribution < 1.29 is 5.11 Å². The van der Waals surface area contributed by atoms with E-state index in [1.54, 1.807) is 0 Å². The average molecular weight is 194 g/mol. The Labute approximate surface area is 85.1 Å². The molecule has 2 rings (SSSR count). The second-order valence-electron chi connectivity index (χ2n) is 4.78. The van der Waals surface area contributed by atoms with Crippen molar-refractivity contribution in [1.29, 1.82) is 5.26 Å². The molecule has 2 N–H and O–H groups in total. The van der Waals surface area contributed by atoms with Gasteiger partial charge in [-0.15, -0.1) is 0 Å². The summed E-state index contributed by atoms with van der Waals surface area (Å²) in [5.74, 6) is 0. The predicted molar refractivity (Wildman–Crippen MR) is 53.6 cm³/mol. The summed E-state index contributed by atoms with van der Waals surface area (Å²) in [7, 11) is 0. The second-order valence-corrected chi connectivity index (χ2v) is 4.78. The molecule has 0 saturated carbocycles. The van der Waals surface area contributed by atoms with E-state index >= 15 is 0 Å². The maximum atomic E-state index is 10.3. The van der Waals surface area contributed by atoms with E-state index < -0.39 is 5.60 Å². The van der Waals surface area contributed by atoms with E-state index in [0.717, 1.165) is 12.8 Å².